The van der Waals surface area contributed by atoms with Crippen molar-refractivity contribution in [2.24, 2.45) is 5.92 Å². The molecule has 5 rings (SSSR count). The maximum absolute atomic E-state index is 12.8. The largest absolute Gasteiger partial charge is 0.349 e. The first-order valence-electron chi connectivity index (χ1n) is 12.8. The molecule has 0 spiro atoms. The fraction of sp³-hybridized carbons (Fsp3) is 0.414. The predicted molar refractivity (Wildman–Crippen MR) is 136 cm³/mol. The highest BCUT2D eigenvalue weighted by molar-refractivity contribution is 5.94. The van der Waals surface area contributed by atoms with Gasteiger partial charge in [-0.25, -0.2) is 4.68 Å². The number of nitrogens with one attached hydrogen (secondary N) is 1. The summed E-state index contributed by atoms with van der Waals surface area (Å²) in [5, 5.41) is 16.7. The number of carbonyl (C=O) groups is 1. The first-order chi connectivity index (χ1) is 17.2. The van der Waals surface area contributed by atoms with Gasteiger partial charge in [0.2, 0.25) is 0 Å². The third kappa shape index (κ3) is 5.80. The lowest BCUT2D eigenvalue weighted by atomic mass is 9.84. The summed E-state index contributed by atoms with van der Waals surface area (Å²) in [6.45, 7) is 3.31. The fourth-order valence-corrected chi connectivity index (χ4v) is 5.51. The number of fused-ring (bicyclic) bond motifs is 1. The number of amides is 1. The Morgan fingerprint density at radius 3 is 2.63 bits per heavy atom. The van der Waals surface area contributed by atoms with Crippen LogP contribution in [-0.4, -0.2) is 46.3 Å². The second-order valence-corrected chi connectivity index (χ2v) is 9.92. The Balaban J connectivity index is 1.06. The van der Waals surface area contributed by atoms with Gasteiger partial charge in [-0.1, -0.05) is 12.1 Å². The molecule has 1 N–H and O–H groups in total. The zero-order valence-corrected chi connectivity index (χ0v) is 20.2. The molecular formula is C29H33N5O. The molecule has 1 aliphatic carbocycles. The lowest BCUT2D eigenvalue weighted by molar-refractivity contribution is 0.0920. The predicted octanol–water partition coefficient (Wildman–Crippen LogP) is 4.52. The highest BCUT2D eigenvalue weighted by atomic mass is 16.1. The van der Waals surface area contributed by atoms with Gasteiger partial charge in [-0.2, -0.15) is 10.4 Å². The van der Waals surface area contributed by atoms with Crippen LogP contribution < -0.4 is 5.32 Å². The third-order valence-corrected chi connectivity index (χ3v) is 7.64. The van der Waals surface area contributed by atoms with Crippen LogP contribution in [0.3, 0.4) is 0 Å². The molecule has 0 saturated heterocycles. The molecule has 0 radical (unpaired) electrons. The standard InChI is InChI=1S/C29H33N5O/c30-21-23-5-8-24-12-17-33(18-13-25(24)19-23)16-11-22-6-9-27(10-7-22)32-29(35)26-3-1-4-28(20-26)34-15-2-14-31-34/h1-5,8,14-15,19-20,22,27H,6-7,9-13,16-18H2,(H,32,35). The number of aromatic nitrogens is 2. The van der Waals surface area contributed by atoms with E-state index in [4.69, 9.17) is 0 Å². The summed E-state index contributed by atoms with van der Waals surface area (Å²) in [5.41, 5.74) is 5.10. The summed E-state index contributed by atoms with van der Waals surface area (Å²) in [6.07, 6.45) is 11.4. The van der Waals surface area contributed by atoms with Crippen molar-refractivity contribution in [3.05, 3.63) is 83.2 Å². The Bertz CT molecular complexity index is 1190. The first kappa shape index (κ1) is 23.3. The van der Waals surface area contributed by atoms with E-state index in [-0.39, 0.29) is 11.9 Å². The second-order valence-electron chi connectivity index (χ2n) is 9.92. The minimum Gasteiger partial charge on any atom is -0.349 e. The quantitative estimate of drug-likeness (QED) is 0.578. The molecule has 1 amide bonds. The number of carbonyl (C=O) groups excluding carboxylic acids is 1. The van der Waals surface area contributed by atoms with E-state index in [0.717, 1.165) is 62.5 Å². The van der Waals surface area contributed by atoms with E-state index in [1.807, 2.05) is 42.6 Å². The van der Waals surface area contributed by atoms with E-state index < -0.39 is 0 Å². The highest BCUT2D eigenvalue weighted by Gasteiger charge is 2.24. The normalized spacial score (nSPS) is 20.4. The van der Waals surface area contributed by atoms with Gasteiger partial charge in [0.1, 0.15) is 0 Å². The minimum absolute atomic E-state index is 0.00569. The van der Waals surface area contributed by atoms with Gasteiger partial charge in [0.15, 0.2) is 0 Å². The van der Waals surface area contributed by atoms with Gasteiger partial charge in [-0.3, -0.25) is 4.79 Å². The van der Waals surface area contributed by atoms with Crippen molar-refractivity contribution in [3.8, 4) is 11.8 Å². The van der Waals surface area contributed by atoms with E-state index in [1.54, 1.807) is 10.9 Å². The number of hydrogen-bond acceptors (Lipinski definition) is 4. The van der Waals surface area contributed by atoms with Crippen LogP contribution in [0.5, 0.6) is 0 Å². The van der Waals surface area contributed by atoms with Crippen molar-refractivity contribution in [2.45, 2.75) is 51.0 Å². The lowest BCUT2D eigenvalue weighted by Gasteiger charge is -2.30. The van der Waals surface area contributed by atoms with Crippen molar-refractivity contribution in [2.75, 3.05) is 19.6 Å². The average molecular weight is 468 g/mol. The molecule has 6 heteroatoms. The smallest absolute Gasteiger partial charge is 0.251 e. The molecule has 35 heavy (non-hydrogen) atoms. The molecule has 1 aliphatic heterocycles. The van der Waals surface area contributed by atoms with Gasteiger partial charge in [0.05, 0.1) is 17.3 Å². The molecule has 1 saturated carbocycles. The molecule has 180 valence electrons. The van der Waals surface area contributed by atoms with Gasteiger partial charge >= 0.3 is 0 Å². The Kier molecular flexibility index (Phi) is 7.25. The van der Waals surface area contributed by atoms with Crippen LogP contribution >= 0.6 is 0 Å². The van der Waals surface area contributed by atoms with Gasteiger partial charge in [-0.15, -0.1) is 0 Å². The van der Waals surface area contributed by atoms with E-state index >= 15 is 0 Å². The monoisotopic (exact) mass is 467 g/mol. The van der Waals surface area contributed by atoms with Crippen LogP contribution in [0, 0.1) is 17.2 Å². The number of nitrogens with zero attached hydrogens (tertiary/aromatic N) is 4. The lowest BCUT2D eigenvalue weighted by Crippen LogP contribution is -2.38. The zero-order valence-electron chi connectivity index (χ0n) is 20.2. The molecule has 6 nitrogen and oxygen atoms in total. The SMILES string of the molecule is N#Cc1ccc2c(c1)CCN(CCC1CCC(NC(=O)c3cccc(-n4cccn4)c3)CC1)CC2. The van der Waals surface area contributed by atoms with Crippen LogP contribution in [0.4, 0.5) is 0 Å². The zero-order chi connectivity index (χ0) is 24.0. The van der Waals surface area contributed by atoms with Gasteiger partial charge < -0.3 is 10.2 Å². The Morgan fingerprint density at radius 1 is 1.03 bits per heavy atom. The van der Waals surface area contributed by atoms with Crippen molar-refractivity contribution in [1.29, 1.82) is 5.26 Å². The number of benzene rings is 2. The van der Waals surface area contributed by atoms with Crippen molar-refractivity contribution >= 4 is 5.91 Å². The molecule has 0 atom stereocenters. The number of rotatable bonds is 6. The van der Waals surface area contributed by atoms with Crippen LogP contribution in [-0.2, 0) is 12.8 Å². The average Bonchev–Trinajstić information content (AvgIpc) is 3.37. The molecule has 1 aromatic heterocycles. The van der Waals surface area contributed by atoms with Crippen LogP contribution in [0.2, 0.25) is 0 Å². The van der Waals surface area contributed by atoms with Crippen LogP contribution in [0.15, 0.2) is 60.9 Å². The minimum atomic E-state index is 0.00569. The Labute approximate surface area is 207 Å². The van der Waals surface area contributed by atoms with Gasteiger partial charge in [0, 0.05) is 37.1 Å². The molecule has 1 fully saturated rings. The fourth-order valence-electron chi connectivity index (χ4n) is 5.51. The Hall–Kier alpha value is -3.43. The molecule has 2 aliphatic rings. The maximum Gasteiger partial charge on any atom is 0.251 e. The summed E-state index contributed by atoms with van der Waals surface area (Å²) in [5.74, 6) is 0.744. The summed E-state index contributed by atoms with van der Waals surface area (Å²) >= 11 is 0. The molecule has 0 unspecified atom stereocenters. The van der Waals surface area contributed by atoms with E-state index in [0.29, 0.717) is 5.56 Å². The third-order valence-electron chi connectivity index (χ3n) is 7.64. The maximum atomic E-state index is 12.8. The van der Waals surface area contributed by atoms with Crippen LogP contribution in [0.25, 0.3) is 5.69 Å². The van der Waals surface area contributed by atoms with Gasteiger partial charge in [0.25, 0.3) is 5.91 Å². The van der Waals surface area contributed by atoms with Crippen molar-refractivity contribution < 1.29 is 4.79 Å². The summed E-state index contributed by atoms with van der Waals surface area (Å²) < 4.78 is 1.77. The van der Waals surface area contributed by atoms with E-state index in [9.17, 15) is 10.1 Å². The van der Waals surface area contributed by atoms with Crippen LogP contribution in [0.1, 0.15) is 59.2 Å². The molecule has 0 bridgehead atoms. The molecule has 3 aromatic rings. The summed E-state index contributed by atoms with van der Waals surface area (Å²) in [6, 6.07) is 18.2. The summed E-state index contributed by atoms with van der Waals surface area (Å²) in [4.78, 5) is 15.4. The molecule has 2 aromatic carbocycles. The summed E-state index contributed by atoms with van der Waals surface area (Å²) in [7, 11) is 0. The van der Waals surface area contributed by atoms with Crippen molar-refractivity contribution in [1.82, 2.24) is 20.0 Å². The first-order valence-corrected chi connectivity index (χ1v) is 12.8. The van der Waals surface area contributed by atoms with E-state index in [1.165, 1.54) is 30.4 Å². The topological polar surface area (TPSA) is 74.0 Å². The Morgan fingerprint density at radius 2 is 1.86 bits per heavy atom. The van der Waals surface area contributed by atoms with Gasteiger partial charge in [-0.05, 0) is 105 Å². The number of nitriles is 1. The molecule has 2 heterocycles. The highest BCUT2D eigenvalue weighted by Crippen LogP contribution is 2.28. The number of hydrogen-bond donors (Lipinski definition) is 1. The van der Waals surface area contributed by atoms with E-state index in [2.05, 4.69) is 33.5 Å². The van der Waals surface area contributed by atoms with Crippen molar-refractivity contribution in [3.63, 3.8) is 0 Å². The molecular weight excluding hydrogens is 434 g/mol. The second kappa shape index (κ2) is 10.9.